The topological polar surface area (TPSA) is 102 Å². The third kappa shape index (κ3) is 5.19. The summed E-state index contributed by atoms with van der Waals surface area (Å²) < 4.78 is 11.7. The van der Waals surface area contributed by atoms with Crippen LogP contribution >= 0.6 is 11.6 Å². The molecule has 0 atom stereocenters. The molecule has 0 bridgehead atoms. The van der Waals surface area contributed by atoms with Gasteiger partial charge >= 0.3 is 0 Å². The standard InChI is InChI=1S/C29H33ClN4O4/c1-29(2,18-35)28(36)34-9-7-21(8-10-34)38-27-24(17-31)23-15-22(25(30)16-26(23)32-27)19-3-5-20(6-4-19)33-11-13-37-14-12-33/h3-6,15-16,21,32,35H,7-14,18H2,1-2H3. The van der Waals surface area contributed by atoms with Gasteiger partial charge in [-0.3, -0.25) is 4.79 Å². The number of aliphatic hydroxyl groups is 1. The monoisotopic (exact) mass is 536 g/mol. The van der Waals surface area contributed by atoms with E-state index in [0.29, 0.717) is 42.4 Å². The lowest BCUT2D eigenvalue weighted by Gasteiger charge is -2.36. The number of amides is 1. The second kappa shape index (κ2) is 10.9. The fourth-order valence-corrected chi connectivity index (χ4v) is 5.40. The lowest BCUT2D eigenvalue weighted by atomic mass is 9.91. The molecule has 9 heteroatoms. The fourth-order valence-electron chi connectivity index (χ4n) is 5.12. The van der Waals surface area contributed by atoms with E-state index < -0.39 is 5.41 Å². The van der Waals surface area contributed by atoms with Crippen LogP contribution in [0.1, 0.15) is 32.3 Å². The zero-order valence-electron chi connectivity index (χ0n) is 21.8. The Labute approximate surface area is 227 Å². The number of fused-ring (bicyclic) bond motifs is 1. The molecule has 2 aliphatic rings. The van der Waals surface area contributed by atoms with Crippen LogP contribution in [0.25, 0.3) is 22.0 Å². The maximum Gasteiger partial charge on any atom is 0.230 e. The summed E-state index contributed by atoms with van der Waals surface area (Å²) in [5.74, 6) is 0.376. The summed E-state index contributed by atoms with van der Waals surface area (Å²) in [5, 5.41) is 20.9. The number of halogens is 1. The smallest absolute Gasteiger partial charge is 0.230 e. The predicted octanol–water partition coefficient (Wildman–Crippen LogP) is 4.58. The number of hydrogen-bond acceptors (Lipinski definition) is 6. The van der Waals surface area contributed by atoms with E-state index in [-0.39, 0.29) is 18.6 Å². The summed E-state index contributed by atoms with van der Waals surface area (Å²) in [6.45, 7) is 7.62. The lowest BCUT2D eigenvalue weighted by Crippen LogP contribution is -2.48. The number of aromatic nitrogens is 1. The van der Waals surface area contributed by atoms with Crippen LogP contribution in [0.4, 0.5) is 5.69 Å². The van der Waals surface area contributed by atoms with E-state index in [1.807, 2.05) is 12.1 Å². The number of morpholine rings is 1. The minimum Gasteiger partial charge on any atom is -0.475 e. The van der Waals surface area contributed by atoms with Crippen molar-refractivity contribution in [3.8, 4) is 23.1 Å². The Kier molecular flexibility index (Phi) is 7.53. The van der Waals surface area contributed by atoms with Crippen molar-refractivity contribution in [2.75, 3.05) is 50.9 Å². The second-order valence-electron chi connectivity index (χ2n) is 10.6. The van der Waals surface area contributed by atoms with Crippen molar-refractivity contribution >= 4 is 34.1 Å². The van der Waals surface area contributed by atoms with Crippen molar-refractivity contribution in [1.82, 2.24) is 9.88 Å². The average molecular weight is 537 g/mol. The molecule has 2 N–H and O–H groups in total. The minimum absolute atomic E-state index is 0.0538. The summed E-state index contributed by atoms with van der Waals surface area (Å²) in [4.78, 5) is 20.0. The van der Waals surface area contributed by atoms with Crippen molar-refractivity contribution in [3.05, 3.63) is 47.0 Å². The molecule has 1 aromatic heterocycles. The highest BCUT2D eigenvalue weighted by Crippen LogP contribution is 2.37. The maximum atomic E-state index is 12.7. The molecule has 1 amide bonds. The van der Waals surface area contributed by atoms with Crippen LogP contribution in [0.3, 0.4) is 0 Å². The number of nitriles is 1. The molecule has 200 valence electrons. The highest BCUT2D eigenvalue weighted by molar-refractivity contribution is 6.34. The first kappa shape index (κ1) is 26.4. The van der Waals surface area contributed by atoms with E-state index in [0.717, 1.165) is 54.0 Å². The van der Waals surface area contributed by atoms with Crippen LogP contribution in [0.2, 0.25) is 5.02 Å². The Morgan fingerprint density at radius 3 is 2.50 bits per heavy atom. The SMILES string of the molecule is CC(C)(CO)C(=O)N1CCC(Oc2[nH]c3cc(Cl)c(-c4ccc(N5CCOCC5)cc4)cc3c2C#N)CC1. The maximum absolute atomic E-state index is 12.7. The fraction of sp³-hybridized carbons (Fsp3) is 0.448. The molecule has 2 aromatic carbocycles. The van der Waals surface area contributed by atoms with Gasteiger partial charge in [-0.05, 0) is 43.7 Å². The van der Waals surface area contributed by atoms with Crippen molar-refractivity contribution in [2.45, 2.75) is 32.8 Å². The lowest BCUT2D eigenvalue weighted by molar-refractivity contribution is -0.144. The zero-order chi connectivity index (χ0) is 26.9. The van der Waals surface area contributed by atoms with Gasteiger partial charge in [0.25, 0.3) is 0 Å². The number of aliphatic hydroxyl groups excluding tert-OH is 1. The van der Waals surface area contributed by atoms with Crippen LogP contribution < -0.4 is 9.64 Å². The van der Waals surface area contributed by atoms with Gasteiger partial charge in [-0.2, -0.15) is 5.26 Å². The molecule has 0 spiro atoms. The first-order valence-corrected chi connectivity index (χ1v) is 13.4. The number of ether oxygens (including phenoxy) is 2. The summed E-state index contributed by atoms with van der Waals surface area (Å²) in [5.41, 5.74) is 3.38. The minimum atomic E-state index is -0.793. The number of carbonyl (C=O) groups is 1. The quantitative estimate of drug-likeness (QED) is 0.478. The summed E-state index contributed by atoms with van der Waals surface area (Å²) in [6, 6.07) is 14.4. The molecule has 0 aliphatic carbocycles. The molecule has 8 nitrogen and oxygen atoms in total. The van der Waals surface area contributed by atoms with Crippen molar-refractivity contribution in [3.63, 3.8) is 0 Å². The van der Waals surface area contributed by atoms with Crippen molar-refractivity contribution in [2.24, 2.45) is 5.41 Å². The van der Waals surface area contributed by atoms with Crippen LogP contribution in [-0.2, 0) is 9.53 Å². The molecule has 2 aliphatic heterocycles. The van der Waals surface area contributed by atoms with Gasteiger partial charge < -0.3 is 29.4 Å². The molecule has 0 unspecified atom stereocenters. The van der Waals surface area contributed by atoms with E-state index in [1.165, 1.54) is 0 Å². The third-order valence-corrected chi connectivity index (χ3v) is 7.82. The molecule has 3 aromatic rings. The Morgan fingerprint density at radius 2 is 1.87 bits per heavy atom. The number of likely N-dealkylation sites (tertiary alicyclic amines) is 1. The van der Waals surface area contributed by atoms with Crippen LogP contribution in [-0.4, -0.2) is 73.0 Å². The third-order valence-electron chi connectivity index (χ3n) is 7.51. The van der Waals surface area contributed by atoms with E-state index in [4.69, 9.17) is 21.1 Å². The molecule has 0 radical (unpaired) electrons. The van der Waals surface area contributed by atoms with Crippen LogP contribution in [0, 0.1) is 16.7 Å². The van der Waals surface area contributed by atoms with Crippen LogP contribution in [0.15, 0.2) is 36.4 Å². The molecular weight excluding hydrogens is 504 g/mol. The highest BCUT2D eigenvalue weighted by atomic mass is 35.5. The molecule has 0 saturated carbocycles. The number of nitrogens with one attached hydrogen (secondary N) is 1. The molecule has 5 rings (SSSR count). The number of anilines is 1. The number of nitrogens with zero attached hydrogens (tertiary/aromatic N) is 3. The van der Waals surface area contributed by atoms with Crippen molar-refractivity contribution < 1.29 is 19.4 Å². The van der Waals surface area contributed by atoms with Gasteiger partial charge in [0.05, 0.1) is 35.8 Å². The summed E-state index contributed by atoms with van der Waals surface area (Å²) in [6.07, 6.45) is 1.17. The van der Waals surface area contributed by atoms with Gasteiger partial charge in [0.1, 0.15) is 17.7 Å². The normalized spacial score (nSPS) is 17.0. The van der Waals surface area contributed by atoms with Gasteiger partial charge in [-0.15, -0.1) is 0 Å². The number of H-pyrrole nitrogens is 1. The first-order chi connectivity index (χ1) is 18.3. The number of piperidine rings is 1. The van der Waals surface area contributed by atoms with Gasteiger partial charge in [-0.1, -0.05) is 23.7 Å². The van der Waals surface area contributed by atoms with Crippen molar-refractivity contribution in [1.29, 1.82) is 5.26 Å². The van der Waals surface area contributed by atoms with E-state index in [1.54, 1.807) is 18.7 Å². The molecule has 2 fully saturated rings. The molecule has 3 heterocycles. The summed E-state index contributed by atoms with van der Waals surface area (Å²) in [7, 11) is 0. The van der Waals surface area contributed by atoms with Crippen LogP contribution in [0.5, 0.6) is 5.88 Å². The summed E-state index contributed by atoms with van der Waals surface area (Å²) >= 11 is 6.69. The highest BCUT2D eigenvalue weighted by Gasteiger charge is 2.34. The van der Waals surface area contributed by atoms with E-state index >= 15 is 0 Å². The average Bonchev–Trinajstić information content (AvgIpc) is 3.28. The number of carbonyl (C=O) groups excluding carboxylic acids is 1. The Balaban J connectivity index is 1.33. The second-order valence-corrected chi connectivity index (χ2v) is 11.0. The zero-order valence-corrected chi connectivity index (χ0v) is 22.6. The Bertz CT molecular complexity index is 1350. The van der Waals surface area contributed by atoms with Gasteiger partial charge in [0, 0.05) is 55.7 Å². The number of hydrogen-bond donors (Lipinski definition) is 2. The van der Waals surface area contributed by atoms with Gasteiger partial charge in [0.2, 0.25) is 11.8 Å². The number of rotatable bonds is 6. The first-order valence-electron chi connectivity index (χ1n) is 13.1. The molecule has 2 saturated heterocycles. The Hall–Kier alpha value is -3.25. The molecular formula is C29H33ClN4O4. The van der Waals surface area contributed by atoms with E-state index in [9.17, 15) is 15.2 Å². The molecule has 38 heavy (non-hydrogen) atoms. The van der Waals surface area contributed by atoms with E-state index in [2.05, 4.69) is 40.2 Å². The van der Waals surface area contributed by atoms with Gasteiger partial charge in [0.15, 0.2) is 0 Å². The predicted molar refractivity (Wildman–Crippen MR) is 148 cm³/mol. The Morgan fingerprint density at radius 1 is 1.18 bits per heavy atom. The largest absolute Gasteiger partial charge is 0.475 e. The number of benzene rings is 2. The number of aromatic amines is 1. The van der Waals surface area contributed by atoms with Gasteiger partial charge in [-0.25, -0.2) is 0 Å².